The Balaban J connectivity index is 1.31. The summed E-state index contributed by atoms with van der Waals surface area (Å²) in [6, 6.07) is 13.3. The predicted molar refractivity (Wildman–Crippen MR) is 130 cm³/mol. The van der Waals surface area contributed by atoms with Crippen molar-refractivity contribution in [2.45, 2.75) is 25.6 Å². The molecule has 0 radical (unpaired) electrons. The standard InChI is InChI=1S/C25H25Cl2FN4O/c1-13(22-19(26)6-7-20(28)23(22)27)33-21-8-16(9-31-25(21)30)15-4-2-14(3-5-15)10-32-11-17-18(12-32)24(17)29/h2-9,13,17-18,24H,10-12,29H2,1H3,(H2,30,31). The zero-order valence-electron chi connectivity index (χ0n) is 18.1. The Morgan fingerprint density at radius 2 is 1.82 bits per heavy atom. The third-order valence-corrected chi connectivity index (χ3v) is 7.41. The molecule has 33 heavy (non-hydrogen) atoms. The van der Waals surface area contributed by atoms with E-state index >= 15 is 0 Å². The van der Waals surface area contributed by atoms with E-state index in [1.165, 1.54) is 17.7 Å². The smallest absolute Gasteiger partial charge is 0.166 e. The molecule has 5 rings (SSSR count). The van der Waals surface area contributed by atoms with E-state index in [9.17, 15) is 4.39 Å². The Kier molecular flexibility index (Phi) is 5.95. The van der Waals surface area contributed by atoms with Crippen LogP contribution in [0.1, 0.15) is 24.2 Å². The topological polar surface area (TPSA) is 77.4 Å². The van der Waals surface area contributed by atoms with Crippen molar-refractivity contribution in [2.24, 2.45) is 17.6 Å². The van der Waals surface area contributed by atoms with Crippen LogP contribution in [0.2, 0.25) is 10.0 Å². The summed E-state index contributed by atoms with van der Waals surface area (Å²) in [5.74, 6) is 1.43. The number of ether oxygens (including phenoxy) is 1. The Labute approximate surface area is 202 Å². The molecule has 3 aromatic rings. The first kappa shape index (κ1) is 22.4. The van der Waals surface area contributed by atoms with Gasteiger partial charge in [-0.15, -0.1) is 0 Å². The van der Waals surface area contributed by atoms with E-state index in [1.54, 1.807) is 13.1 Å². The van der Waals surface area contributed by atoms with Gasteiger partial charge < -0.3 is 16.2 Å². The van der Waals surface area contributed by atoms with Gasteiger partial charge in [-0.1, -0.05) is 47.5 Å². The zero-order chi connectivity index (χ0) is 23.3. The van der Waals surface area contributed by atoms with Crippen molar-refractivity contribution < 1.29 is 9.13 Å². The highest BCUT2D eigenvalue weighted by Gasteiger charge is 2.53. The number of rotatable bonds is 6. The van der Waals surface area contributed by atoms with Gasteiger partial charge in [-0.3, -0.25) is 4.90 Å². The summed E-state index contributed by atoms with van der Waals surface area (Å²) in [5.41, 5.74) is 15.6. The first-order valence-electron chi connectivity index (χ1n) is 10.9. The average molecular weight is 487 g/mol. The van der Waals surface area contributed by atoms with Crippen molar-refractivity contribution in [3.8, 4) is 16.9 Å². The predicted octanol–water partition coefficient (Wildman–Crippen LogP) is 5.31. The second-order valence-electron chi connectivity index (χ2n) is 8.92. The van der Waals surface area contributed by atoms with Gasteiger partial charge in [-0.25, -0.2) is 9.37 Å². The van der Waals surface area contributed by atoms with Crippen LogP contribution in [0.4, 0.5) is 10.2 Å². The summed E-state index contributed by atoms with van der Waals surface area (Å²) in [7, 11) is 0. The molecule has 1 aliphatic heterocycles. The van der Waals surface area contributed by atoms with Gasteiger partial charge in [0.25, 0.3) is 0 Å². The van der Waals surface area contributed by atoms with Gasteiger partial charge in [0.2, 0.25) is 0 Å². The van der Waals surface area contributed by atoms with Gasteiger partial charge >= 0.3 is 0 Å². The van der Waals surface area contributed by atoms with Crippen LogP contribution in [0.5, 0.6) is 5.75 Å². The lowest BCUT2D eigenvalue weighted by Gasteiger charge is -2.20. The van der Waals surface area contributed by atoms with E-state index in [2.05, 4.69) is 34.1 Å². The third-order valence-electron chi connectivity index (χ3n) is 6.70. The van der Waals surface area contributed by atoms with Gasteiger partial charge in [0.1, 0.15) is 11.9 Å². The normalized spacial score (nSPS) is 22.8. The average Bonchev–Trinajstić information content (AvgIpc) is 3.18. The van der Waals surface area contributed by atoms with E-state index in [-0.39, 0.29) is 10.8 Å². The number of anilines is 1. The Morgan fingerprint density at radius 3 is 2.52 bits per heavy atom. The van der Waals surface area contributed by atoms with Crippen molar-refractivity contribution in [1.29, 1.82) is 0 Å². The molecule has 8 heteroatoms. The maximum absolute atomic E-state index is 13.9. The van der Waals surface area contributed by atoms with E-state index < -0.39 is 11.9 Å². The summed E-state index contributed by atoms with van der Waals surface area (Å²) in [6.45, 7) is 4.85. The lowest BCUT2D eigenvalue weighted by molar-refractivity contribution is 0.227. The number of nitrogens with zero attached hydrogens (tertiary/aromatic N) is 2. The molecule has 1 saturated heterocycles. The number of fused-ring (bicyclic) bond motifs is 1. The summed E-state index contributed by atoms with van der Waals surface area (Å²) in [4.78, 5) is 6.75. The summed E-state index contributed by atoms with van der Waals surface area (Å²) in [6.07, 6.45) is 1.08. The molecule has 0 bridgehead atoms. The molecule has 0 amide bonds. The lowest BCUT2D eigenvalue weighted by Crippen LogP contribution is -2.27. The van der Waals surface area contributed by atoms with Crippen LogP contribution in [0.25, 0.3) is 11.1 Å². The van der Waals surface area contributed by atoms with Crippen molar-refractivity contribution in [1.82, 2.24) is 9.88 Å². The van der Waals surface area contributed by atoms with E-state index in [0.29, 0.717) is 34.2 Å². The van der Waals surface area contributed by atoms with E-state index in [1.807, 2.05) is 6.07 Å². The van der Waals surface area contributed by atoms with Crippen molar-refractivity contribution >= 4 is 29.0 Å². The molecule has 3 atom stereocenters. The number of hydrogen-bond acceptors (Lipinski definition) is 5. The molecule has 5 nitrogen and oxygen atoms in total. The SMILES string of the molecule is CC(Oc1cc(-c2ccc(CN3CC4C(N)C4C3)cc2)cnc1N)c1c(Cl)ccc(F)c1Cl. The van der Waals surface area contributed by atoms with Gasteiger partial charge in [-0.05, 0) is 48.1 Å². The van der Waals surface area contributed by atoms with Crippen LogP contribution in [-0.2, 0) is 6.54 Å². The molecule has 3 unspecified atom stereocenters. The number of benzene rings is 2. The highest BCUT2D eigenvalue weighted by atomic mass is 35.5. The number of nitrogen functional groups attached to an aromatic ring is 1. The van der Waals surface area contributed by atoms with Gasteiger partial charge in [0.15, 0.2) is 11.6 Å². The zero-order valence-corrected chi connectivity index (χ0v) is 19.7. The minimum atomic E-state index is -0.623. The number of nitrogens with two attached hydrogens (primary N) is 2. The van der Waals surface area contributed by atoms with Crippen LogP contribution in [0.15, 0.2) is 48.7 Å². The molecule has 2 aromatic carbocycles. The van der Waals surface area contributed by atoms with Crippen LogP contribution in [0.3, 0.4) is 0 Å². The quantitative estimate of drug-likeness (QED) is 0.461. The fourth-order valence-corrected chi connectivity index (χ4v) is 5.40. The minimum Gasteiger partial charge on any atom is -0.482 e. The van der Waals surface area contributed by atoms with Crippen LogP contribution < -0.4 is 16.2 Å². The molecule has 1 aromatic heterocycles. The Bertz CT molecular complexity index is 1180. The first-order chi connectivity index (χ1) is 15.8. The molecule has 2 heterocycles. The van der Waals surface area contributed by atoms with Crippen LogP contribution >= 0.6 is 23.2 Å². The number of likely N-dealkylation sites (tertiary alicyclic amines) is 1. The molecule has 2 fully saturated rings. The Hall–Kier alpha value is -2.38. The molecule has 2 aliphatic rings. The number of hydrogen-bond donors (Lipinski definition) is 2. The van der Waals surface area contributed by atoms with Crippen molar-refractivity contribution in [2.75, 3.05) is 18.8 Å². The largest absolute Gasteiger partial charge is 0.482 e. The van der Waals surface area contributed by atoms with Crippen LogP contribution in [-0.4, -0.2) is 29.0 Å². The number of halogens is 3. The van der Waals surface area contributed by atoms with Gasteiger partial charge in [0.05, 0.1) is 5.02 Å². The molecular formula is C25H25Cl2FN4O. The second kappa shape index (κ2) is 8.76. The van der Waals surface area contributed by atoms with Gasteiger partial charge in [-0.2, -0.15) is 0 Å². The van der Waals surface area contributed by atoms with Crippen molar-refractivity contribution in [3.05, 3.63) is 75.7 Å². The minimum absolute atomic E-state index is 0.0643. The maximum atomic E-state index is 13.9. The highest BCUT2D eigenvalue weighted by Crippen LogP contribution is 2.44. The maximum Gasteiger partial charge on any atom is 0.166 e. The number of pyridine rings is 1. The third kappa shape index (κ3) is 4.41. The number of piperidine rings is 1. The van der Waals surface area contributed by atoms with Crippen molar-refractivity contribution in [3.63, 3.8) is 0 Å². The fourth-order valence-electron chi connectivity index (χ4n) is 4.72. The summed E-state index contributed by atoms with van der Waals surface area (Å²) >= 11 is 12.4. The molecular weight excluding hydrogens is 462 g/mol. The summed E-state index contributed by atoms with van der Waals surface area (Å²) < 4.78 is 19.9. The van der Waals surface area contributed by atoms with Gasteiger partial charge in [0, 0.05) is 48.0 Å². The summed E-state index contributed by atoms with van der Waals surface area (Å²) in [5, 5.41) is 0.259. The Morgan fingerprint density at radius 1 is 1.12 bits per heavy atom. The first-order valence-corrected chi connectivity index (χ1v) is 11.7. The molecule has 1 saturated carbocycles. The fraction of sp³-hybridized carbons (Fsp3) is 0.320. The molecule has 4 N–H and O–H groups in total. The molecule has 172 valence electrons. The second-order valence-corrected chi connectivity index (χ2v) is 9.71. The van der Waals surface area contributed by atoms with Crippen LogP contribution in [0, 0.1) is 17.7 Å². The van der Waals surface area contributed by atoms with E-state index in [4.69, 9.17) is 39.4 Å². The lowest BCUT2D eigenvalue weighted by atomic mass is 10.0. The molecule has 1 aliphatic carbocycles. The monoisotopic (exact) mass is 486 g/mol. The van der Waals surface area contributed by atoms with E-state index in [0.717, 1.165) is 30.8 Å². The molecule has 0 spiro atoms. The highest BCUT2D eigenvalue weighted by molar-refractivity contribution is 6.36. The number of aromatic nitrogens is 1.